The first-order valence-corrected chi connectivity index (χ1v) is 9.30. The van der Waals surface area contributed by atoms with Gasteiger partial charge in [-0.2, -0.15) is 4.31 Å². The van der Waals surface area contributed by atoms with Crippen LogP contribution in [0.25, 0.3) is 0 Å². The molecule has 6 heteroatoms. The van der Waals surface area contributed by atoms with E-state index < -0.39 is 10.0 Å². The number of hydrogen-bond donors (Lipinski definition) is 0. The second-order valence-corrected chi connectivity index (χ2v) is 7.48. The Morgan fingerprint density at radius 1 is 1.14 bits per heavy atom. The summed E-state index contributed by atoms with van der Waals surface area (Å²) >= 11 is 5.88. The SMILES string of the molecule is COc1ccc(S(=O)(=O)N2CCCCCCC2)cc1CCl. The van der Waals surface area contributed by atoms with Crippen molar-refractivity contribution < 1.29 is 13.2 Å². The van der Waals surface area contributed by atoms with Gasteiger partial charge in [-0.05, 0) is 31.0 Å². The number of nitrogens with zero attached hydrogens (tertiary/aromatic N) is 1. The zero-order chi connectivity index (χ0) is 15.3. The summed E-state index contributed by atoms with van der Waals surface area (Å²) in [7, 11) is -1.89. The number of halogens is 1. The third-order valence-electron chi connectivity index (χ3n) is 3.85. The van der Waals surface area contributed by atoms with E-state index in [1.54, 1.807) is 29.6 Å². The van der Waals surface area contributed by atoms with Gasteiger partial charge in [0.25, 0.3) is 0 Å². The average molecular weight is 332 g/mol. The molecule has 0 atom stereocenters. The lowest BCUT2D eigenvalue weighted by molar-refractivity contribution is 0.364. The number of rotatable bonds is 4. The van der Waals surface area contributed by atoms with Gasteiger partial charge < -0.3 is 4.74 Å². The summed E-state index contributed by atoms with van der Waals surface area (Å²) in [6.07, 6.45) is 5.26. The second-order valence-electron chi connectivity index (χ2n) is 5.28. The molecule has 118 valence electrons. The van der Waals surface area contributed by atoms with Crippen molar-refractivity contribution >= 4 is 21.6 Å². The molecule has 1 heterocycles. The van der Waals surface area contributed by atoms with Crippen molar-refractivity contribution in [1.29, 1.82) is 0 Å². The molecule has 1 aliphatic rings. The topological polar surface area (TPSA) is 46.6 Å². The molecule has 1 saturated heterocycles. The van der Waals surface area contributed by atoms with Crippen LogP contribution in [0, 0.1) is 0 Å². The fourth-order valence-corrected chi connectivity index (χ4v) is 4.40. The molecule has 1 aromatic carbocycles. The van der Waals surface area contributed by atoms with Crippen molar-refractivity contribution in [1.82, 2.24) is 4.31 Å². The van der Waals surface area contributed by atoms with Crippen LogP contribution in [0.5, 0.6) is 5.75 Å². The minimum atomic E-state index is -3.44. The average Bonchev–Trinajstić information content (AvgIpc) is 2.45. The molecule has 0 N–H and O–H groups in total. The highest BCUT2D eigenvalue weighted by molar-refractivity contribution is 7.89. The van der Waals surface area contributed by atoms with Gasteiger partial charge in [0.2, 0.25) is 10.0 Å². The van der Waals surface area contributed by atoms with E-state index in [-0.39, 0.29) is 5.88 Å². The maximum Gasteiger partial charge on any atom is 0.243 e. The van der Waals surface area contributed by atoms with Crippen LogP contribution >= 0.6 is 11.6 Å². The Morgan fingerprint density at radius 2 is 1.76 bits per heavy atom. The Kier molecular flexibility index (Phi) is 5.90. The summed E-state index contributed by atoms with van der Waals surface area (Å²) in [5.74, 6) is 0.851. The van der Waals surface area contributed by atoms with Gasteiger partial charge in [-0.1, -0.05) is 19.3 Å². The maximum absolute atomic E-state index is 12.8. The second kappa shape index (κ2) is 7.47. The Hall–Kier alpha value is -0.780. The molecule has 0 amide bonds. The van der Waals surface area contributed by atoms with E-state index in [0.717, 1.165) is 25.7 Å². The molecule has 4 nitrogen and oxygen atoms in total. The van der Waals surface area contributed by atoms with Crippen LogP contribution in [-0.4, -0.2) is 32.9 Å². The van der Waals surface area contributed by atoms with Crippen molar-refractivity contribution in [3.05, 3.63) is 23.8 Å². The third-order valence-corrected chi connectivity index (χ3v) is 6.03. The van der Waals surface area contributed by atoms with Crippen LogP contribution in [0.4, 0.5) is 0 Å². The number of hydrogen-bond acceptors (Lipinski definition) is 3. The quantitative estimate of drug-likeness (QED) is 0.794. The summed E-state index contributed by atoms with van der Waals surface area (Å²) in [6.45, 7) is 1.20. The molecule has 1 aliphatic heterocycles. The van der Waals surface area contributed by atoms with Gasteiger partial charge in [0.15, 0.2) is 0 Å². The lowest BCUT2D eigenvalue weighted by Gasteiger charge is -2.24. The van der Waals surface area contributed by atoms with Gasteiger partial charge in [-0.15, -0.1) is 11.6 Å². The number of alkyl halides is 1. The lowest BCUT2D eigenvalue weighted by atomic mass is 10.1. The van der Waals surface area contributed by atoms with Crippen LogP contribution in [0.3, 0.4) is 0 Å². The van der Waals surface area contributed by atoms with Crippen molar-refractivity contribution in [3.8, 4) is 5.75 Å². The van der Waals surface area contributed by atoms with Gasteiger partial charge >= 0.3 is 0 Å². The van der Waals surface area contributed by atoms with Gasteiger partial charge in [0, 0.05) is 18.7 Å². The van der Waals surface area contributed by atoms with Crippen LogP contribution in [0.2, 0.25) is 0 Å². The van der Waals surface area contributed by atoms with E-state index in [2.05, 4.69) is 0 Å². The van der Waals surface area contributed by atoms with Gasteiger partial charge in [0.1, 0.15) is 5.75 Å². The summed E-state index contributed by atoms with van der Waals surface area (Å²) < 4.78 is 32.3. The third kappa shape index (κ3) is 3.90. The molecular formula is C15H22ClNO3S. The summed E-state index contributed by atoms with van der Waals surface area (Å²) in [5, 5.41) is 0. The Morgan fingerprint density at radius 3 is 2.33 bits per heavy atom. The van der Waals surface area contributed by atoms with Crippen molar-refractivity contribution in [2.45, 2.75) is 42.9 Å². The number of methoxy groups -OCH3 is 1. The minimum Gasteiger partial charge on any atom is -0.496 e. The molecule has 0 aliphatic carbocycles. The van der Waals surface area contributed by atoms with E-state index in [1.807, 2.05) is 0 Å². The van der Waals surface area contributed by atoms with Crippen molar-refractivity contribution in [2.75, 3.05) is 20.2 Å². The zero-order valence-corrected chi connectivity index (χ0v) is 13.9. The van der Waals surface area contributed by atoms with E-state index in [1.165, 1.54) is 6.42 Å². The largest absolute Gasteiger partial charge is 0.496 e. The molecule has 0 bridgehead atoms. The minimum absolute atomic E-state index is 0.229. The monoisotopic (exact) mass is 331 g/mol. The van der Waals surface area contributed by atoms with Crippen molar-refractivity contribution in [2.24, 2.45) is 0 Å². The van der Waals surface area contributed by atoms with E-state index in [0.29, 0.717) is 29.3 Å². The molecule has 0 spiro atoms. The molecule has 0 saturated carbocycles. The molecule has 1 fully saturated rings. The smallest absolute Gasteiger partial charge is 0.243 e. The standard InChI is InChI=1S/C15H22ClNO3S/c1-20-15-8-7-14(11-13(15)12-16)21(18,19)17-9-5-3-2-4-6-10-17/h7-8,11H,2-6,9-10,12H2,1H3. The van der Waals surface area contributed by atoms with E-state index in [4.69, 9.17) is 16.3 Å². The van der Waals surface area contributed by atoms with Gasteiger partial charge in [0.05, 0.1) is 17.9 Å². The van der Waals surface area contributed by atoms with Gasteiger partial charge in [-0.25, -0.2) is 8.42 Å². The van der Waals surface area contributed by atoms with Gasteiger partial charge in [-0.3, -0.25) is 0 Å². The first-order chi connectivity index (χ1) is 10.1. The maximum atomic E-state index is 12.8. The molecule has 1 aromatic rings. The lowest BCUT2D eigenvalue weighted by Crippen LogP contribution is -2.33. The molecule has 0 aromatic heterocycles. The zero-order valence-electron chi connectivity index (χ0n) is 12.3. The highest BCUT2D eigenvalue weighted by atomic mass is 35.5. The fourth-order valence-electron chi connectivity index (χ4n) is 2.63. The fraction of sp³-hybridized carbons (Fsp3) is 0.600. The van der Waals surface area contributed by atoms with E-state index in [9.17, 15) is 8.42 Å². The Balaban J connectivity index is 2.29. The molecule has 2 rings (SSSR count). The van der Waals surface area contributed by atoms with Crippen LogP contribution in [0.1, 0.15) is 37.7 Å². The predicted octanol–water partition coefficient (Wildman–Crippen LogP) is 3.39. The Labute approximate surface area is 132 Å². The Bertz CT molecular complexity index is 566. The van der Waals surface area contributed by atoms with E-state index >= 15 is 0 Å². The van der Waals surface area contributed by atoms with Crippen LogP contribution in [0.15, 0.2) is 23.1 Å². The molecule has 0 unspecified atom stereocenters. The molecule has 21 heavy (non-hydrogen) atoms. The van der Waals surface area contributed by atoms with Crippen LogP contribution in [-0.2, 0) is 15.9 Å². The normalized spacial score (nSPS) is 18.0. The number of ether oxygens (including phenoxy) is 1. The summed E-state index contributed by atoms with van der Waals surface area (Å²) in [5.41, 5.74) is 0.701. The summed E-state index contributed by atoms with van der Waals surface area (Å²) in [6, 6.07) is 4.90. The number of benzene rings is 1. The molecular weight excluding hydrogens is 310 g/mol. The van der Waals surface area contributed by atoms with Crippen molar-refractivity contribution in [3.63, 3.8) is 0 Å². The highest BCUT2D eigenvalue weighted by Gasteiger charge is 2.25. The first-order valence-electron chi connectivity index (χ1n) is 7.32. The highest BCUT2D eigenvalue weighted by Crippen LogP contribution is 2.26. The summed E-state index contributed by atoms with van der Waals surface area (Å²) in [4.78, 5) is 0.305. The first kappa shape index (κ1) is 16.6. The predicted molar refractivity (Wildman–Crippen MR) is 84.4 cm³/mol. The molecule has 0 radical (unpaired) electrons. The number of sulfonamides is 1. The van der Waals surface area contributed by atoms with Crippen LogP contribution < -0.4 is 4.74 Å².